The van der Waals surface area contributed by atoms with E-state index in [0.29, 0.717) is 19.1 Å². The van der Waals surface area contributed by atoms with Crippen molar-refractivity contribution < 1.29 is 9.47 Å². The third-order valence-corrected chi connectivity index (χ3v) is 2.56. The van der Waals surface area contributed by atoms with Crippen LogP contribution in [0.25, 0.3) is 0 Å². The fourth-order valence-electron chi connectivity index (χ4n) is 1.90. The Bertz CT molecular complexity index is 426. The molecule has 0 saturated heterocycles. The number of benzene rings is 1. The third kappa shape index (κ3) is 4.33. The second-order valence-electron chi connectivity index (χ2n) is 4.14. The van der Waals surface area contributed by atoms with Gasteiger partial charge in [0.2, 0.25) is 0 Å². The first-order valence-electron chi connectivity index (χ1n) is 6.52. The molecule has 1 atom stereocenters. The first-order chi connectivity index (χ1) is 8.71. The van der Waals surface area contributed by atoms with Gasteiger partial charge in [0.25, 0.3) is 0 Å². The summed E-state index contributed by atoms with van der Waals surface area (Å²) < 4.78 is 11.2. The maximum atomic E-state index is 5.65. The van der Waals surface area contributed by atoms with E-state index in [1.165, 1.54) is 0 Å². The molecule has 0 bridgehead atoms. The highest BCUT2D eigenvalue weighted by atomic mass is 16.5. The predicted molar refractivity (Wildman–Crippen MR) is 75.1 cm³/mol. The van der Waals surface area contributed by atoms with Crippen LogP contribution in [0.4, 0.5) is 0 Å². The summed E-state index contributed by atoms with van der Waals surface area (Å²) in [6, 6.07) is 5.99. The normalized spacial score (nSPS) is 11.3. The van der Waals surface area contributed by atoms with Gasteiger partial charge in [-0.1, -0.05) is 6.92 Å². The van der Waals surface area contributed by atoms with Crippen LogP contribution in [0.15, 0.2) is 18.2 Å². The Balaban J connectivity index is 2.93. The van der Waals surface area contributed by atoms with Crippen molar-refractivity contribution in [2.24, 2.45) is 5.92 Å². The average molecular weight is 246 g/mol. The van der Waals surface area contributed by atoms with Gasteiger partial charge < -0.3 is 9.47 Å². The molecule has 1 unspecified atom stereocenters. The van der Waals surface area contributed by atoms with Gasteiger partial charge in [0.15, 0.2) is 0 Å². The fourth-order valence-corrected chi connectivity index (χ4v) is 1.90. The summed E-state index contributed by atoms with van der Waals surface area (Å²) in [5, 5.41) is 0. The van der Waals surface area contributed by atoms with E-state index in [0.717, 1.165) is 23.5 Å². The van der Waals surface area contributed by atoms with E-state index < -0.39 is 0 Å². The zero-order valence-corrected chi connectivity index (χ0v) is 11.7. The van der Waals surface area contributed by atoms with Crippen LogP contribution in [0.1, 0.15) is 33.3 Å². The first-order valence-corrected chi connectivity index (χ1v) is 6.52. The van der Waals surface area contributed by atoms with Gasteiger partial charge in [0.1, 0.15) is 11.5 Å². The van der Waals surface area contributed by atoms with Crippen molar-refractivity contribution in [1.29, 1.82) is 0 Å². The molecule has 0 aliphatic carbocycles. The molecule has 0 saturated carbocycles. The minimum atomic E-state index is 0.325. The maximum absolute atomic E-state index is 5.65. The van der Waals surface area contributed by atoms with Crippen molar-refractivity contribution in [3.8, 4) is 23.3 Å². The Kier molecular flexibility index (Phi) is 6.14. The lowest BCUT2D eigenvalue weighted by Crippen LogP contribution is -2.02. The smallest absolute Gasteiger partial charge is 0.122 e. The van der Waals surface area contributed by atoms with Gasteiger partial charge in [-0.3, -0.25) is 0 Å². The molecular formula is C16H22O2. The molecule has 0 N–H and O–H groups in total. The number of ether oxygens (including phenoxy) is 2. The van der Waals surface area contributed by atoms with Crippen molar-refractivity contribution >= 4 is 0 Å². The lowest BCUT2D eigenvalue weighted by Gasteiger charge is -2.13. The van der Waals surface area contributed by atoms with E-state index in [1.54, 1.807) is 0 Å². The molecular weight excluding hydrogens is 224 g/mol. The average Bonchev–Trinajstić information content (AvgIpc) is 2.33. The Morgan fingerprint density at radius 2 is 1.89 bits per heavy atom. The number of rotatable bonds is 6. The van der Waals surface area contributed by atoms with Gasteiger partial charge in [-0.2, -0.15) is 0 Å². The molecule has 1 aromatic carbocycles. The molecule has 0 aliphatic heterocycles. The largest absolute Gasteiger partial charge is 0.494 e. The van der Waals surface area contributed by atoms with Crippen molar-refractivity contribution in [2.45, 2.75) is 34.1 Å². The zero-order valence-electron chi connectivity index (χ0n) is 11.7. The quantitative estimate of drug-likeness (QED) is 0.713. The van der Waals surface area contributed by atoms with E-state index >= 15 is 0 Å². The standard InChI is InChI=1S/C16H22O2/c1-5-8-13(4)11-14-12-15(17-6-2)9-10-16(14)18-7-3/h9-10,12-13H,6-7,11H2,1-4H3. The molecule has 0 aromatic heterocycles. The maximum Gasteiger partial charge on any atom is 0.122 e. The molecule has 1 rings (SSSR count). The first kappa shape index (κ1) is 14.4. The van der Waals surface area contributed by atoms with Crippen LogP contribution in [-0.4, -0.2) is 13.2 Å². The summed E-state index contributed by atoms with van der Waals surface area (Å²) in [6.07, 6.45) is 0.886. The molecule has 0 amide bonds. The Hall–Kier alpha value is -1.62. The fraction of sp³-hybridized carbons (Fsp3) is 0.500. The molecule has 0 radical (unpaired) electrons. The van der Waals surface area contributed by atoms with Crippen molar-refractivity contribution in [3.63, 3.8) is 0 Å². The third-order valence-electron chi connectivity index (χ3n) is 2.56. The van der Waals surface area contributed by atoms with E-state index in [-0.39, 0.29) is 0 Å². The van der Waals surface area contributed by atoms with Crippen molar-refractivity contribution in [2.75, 3.05) is 13.2 Å². The Labute approximate surface area is 110 Å². The van der Waals surface area contributed by atoms with Crippen LogP contribution in [0.3, 0.4) is 0 Å². The molecule has 98 valence electrons. The molecule has 0 aliphatic rings. The number of hydrogen-bond donors (Lipinski definition) is 0. The van der Waals surface area contributed by atoms with Gasteiger partial charge in [-0.15, -0.1) is 11.8 Å². The molecule has 0 heterocycles. The Morgan fingerprint density at radius 3 is 2.50 bits per heavy atom. The van der Waals surface area contributed by atoms with E-state index in [9.17, 15) is 0 Å². The van der Waals surface area contributed by atoms with Crippen molar-refractivity contribution in [1.82, 2.24) is 0 Å². The monoisotopic (exact) mass is 246 g/mol. The van der Waals surface area contributed by atoms with Crippen molar-refractivity contribution in [3.05, 3.63) is 23.8 Å². The lowest BCUT2D eigenvalue weighted by atomic mass is 10.0. The van der Waals surface area contributed by atoms with E-state index in [1.807, 2.05) is 32.9 Å². The molecule has 1 aromatic rings. The summed E-state index contributed by atoms with van der Waals surface area (Å²) >= 11 is 0. The van der Waals surface area contributed by atoms with Crippen LogP contribution in [0, 0.1) is 17.8 Å². The second kappa shape index (κ2) is 7.66. The van der Waals surface area contributed by atoms with Crippen LogP contribution >= 0.6 is 0 Å². The highest BCUT2D eigenvalue weighted by Gasteiger charge is 2.09. The summed E-state index contributed by atoms with van der Waals surface area (Å²) in [7, 11) is 0. The minimum Gasteiger partial charge on any atom is -0.494 e. The lowest BCUT2D eigenvalue weighted by molar-refractivity contribution is 0.326. The minimum absolute atomic E-state index is 0.325. The van der Waals surface area contributed by atoms with Crippen LogP contribution in [0.5, 0.6) is 11.5 Å². The summed E-state index contributed by atoms with van der Waals surface area (Å²) in [5.41, 5.74) is 1.16. The van der Waals surface area contributed by atoms with Gasteiger partial charge in [0.05, 0.1) is 13.2 Å². The molecule has 0 fully saturated rings. The van der Waals surface area contributed by atoms with Gasteiger partial charge in [-0.05, 0) is 51.0 Å². The Morgan fingerprint density at radius 1 is 1.17 bits per heavy atom. The predicted octanol–water partition coefficient (Wildman–Crippen LogP) is 3.69. The van der Waals surface area contributed by atoms with Crippen LogP contribution in [0.2, 0.25) is 0 Å². The second-order valence-corrected chi connectivity index (χ2v) is 4.14. The van der Waals surface area contributed by atoms with E-state index in [4.69, 9.17) is 9.47 Å². The van der Waals surface area contributed by atoms with Gasteiger partial charge in [-0.25, -0.2) is 0 Å². The topological polar surface area (TPSA) is 18.5 Å². The highest BCUT2D eigenvalue weighted by Crippen LogP contribution is 2.26. The molecule has 2 heteroatoms. The zero-order chi connectivity index (χ0) is 13.4. The summed E-state index contributed by atoms with van der Waals surface area (Å²) in [5.74, 6) is 8.28. The summed E-state index contributed by atoms with van der Waals surface area (Å²) in [4.78, 5) is 0. The SMILES string of the molecule is CC#CC(C)Cc1cc(OCC)ccc1OCC. The number of hydrogen-bond acceptors (Lipinski definition) is 2. The van der Waals surface area contributed by atoms with Gasteiger partial charge >= 0.3 is 0 Å². The van der Waals surface area contributed by atoms with Gasteiger partial charge in [0, 0.05) is 5.92 Å². The van der Waals surface area contributed by atoms with E-state index in [2.05, 4.69) is 24.8 Å². The van der Waals surface area contributed by atoms with Crippen LogP contribution < -0.4 is 9.47 Å². The van der Waals surface area contributed by atoms with Crippen LogP contribution in [-0.2, 0) is 6.42 Å². The highest BCUT2D eigenvalue weighted by molar-refractivity contribution is 5.41. The molecule has 2 nitrogen and oxygen atoms in total. The summed E-state index contributed by atoms with van der Waals surface area (Å²) in [6.45, 7) is 9.33. The molecule has 18 heavy (non-hydrogen) atoms. The molecule has 0 spiro atoms.